The number of hydrogen-bond acceptors (Lipinski definition) is 2. The van der Waals surface area contributed by atoms with E-state index >= 15 is 0 Å². The molecule has 1 rings (SSSR count). The van der Waals surface area contributed by atoms with Gasteiger partial charge in [0.1, 0.15) is 4.62 Å². The van der Waals surface area contributed by atoms with Crippen LogP contribution in [0.5, 0.6) is 0 Å². The molecule has 0 spiro atoms. The molecule has 0 unspecified atom stereocenters. The predicted molar refractivity (Wildman–Crippen MR) is 81.0 cm³/mol. The molecule has 1 aromatic rings. The quantitative estimate of drug-likeness (QED) is 0.510. The summed E-state index contributed by atoms with van der Waals surface area (Å²) >= 11 is 21.2. The van der Waals surface area contributed by atoms with Crippen molar-refractivity contribution < 1.29 is 0 Å². The van der Waals surface area contributed by atoms with Crippen LogP contribution in [0.25, 0.3) is 0 Å². The maximum Gasteiger partial charge on any atom is 0.103 e. The topological polar surface area (TPSA) is 24.4 Å². The first-order chi connectivity index (χ1) is 8.04. The Hall–Kier alpha value is 0.0400. The molecule has 0 fully saturated rings. The van der Waals surface area contributed by atoms with Gasteiger partial charge in [-0.25, -0.2) is 0 Å². The number of unbranched alkanes of at least 4 members (excludes halogenated alkanes) is 1. The summed E-state index contributed by atoms with van der Waals surface area (Å²) in [5, 5.41) is 5.55. The molecule has 0 amide bonds. The summed E-state index contributed by atoms with van der Waals surface area (Å²) in [6.45, 7) is 2.13. The Kier molecular flexibility index (Phi) is 6.63. The Morgan fingerprint density at radius 1 is 1.29 bits per heavy atom. The average Bonchev–Trinajstić information content (AvgIpc) is 2.24. The van der Waals surface area contributed by atoms with E-state index in [2.05, 4.69) is 33.4 Å². The van der Waals surface area contributed by atoms with Gasteiger partial charge in [-0.2, -0.15) is 5.10 Å². The summed E-state index contributed by atoms with van der Waals surface area (Å²) in [6.07, 6.45) is 3.08. The van der Waals surface area contributed by atoms with Gasteiger partial charge in [0.05, 0.1) is 15.7 Å². The first-order valence-corrected chi connectivity index (χ1v) is 7.10. The largest absolute Gasteiger partial charge is 0.275 e. The second kappa shape index (κ2) is 7.47. The molecule has 0 aliphatic heterocycles. The third-order valence-corrected chi connectivity index (χ3v) is 3.42. The number of hydrazone groups is 1. The minimum absolute atomic E-state index is 0.446. The molecular formula is C11H12BrCl3N2. The number of anilines is 1. The molecule has 0 radical (unpaired) electrons. The zero-order valence-corrected chi connectivity index (χ0v) is 13.1. The van der Waals surface area contributed by atoms with Crippen LogP contribution in [0.1, 0.15) is 26.2 Å². The zero-order valence-electron chi connectivity index (χ0n) is 9.24. The molecule has 94 valence electrons. The van der Waals surface area contributed by atoms with Crippen LogP contribution in [0.15, 0.2) is 17.2 Å². The molecule has 0 saturated heterocycles. The van der Waals surface area contributed by atoms with Gasteiger partial charge in [0.15, 0.2) is 0 Å². The van der Waals surface area contributed by atoms with Crippen molar-refractivity contribution in [2.75, 3.05) is 5.43 Å². The van der Waals surface area contributed by atoms with Crippen molar-refractivity contribution >= 4 is 61.0 Å². The highest BCUT2D eigenvalue weighted by Crippen LogP contribution is 2.33. The average molecular weight is 358 g/mol. The Labute approximate surface area is 124 Å². The molecule has 6 heteroatoms. The third kappa shape index (κ3) is 5.04. The van der Waals surface area contributed by atoms with Gasteiger partial charge in [-0.15, -0.1) is 0 Å². The van der Waals surface area contributed by atoms with Gasteiger partial charge in [-0.1, -0.05) is 48.1 Å². The number of benzene rings is 1. The Morgan fingerprint density at radius 2 is 1.88 bits per heavy atom. The van der Waals surface area contributed by atoms with E-state index in [1.54, 1.807) is 12.1 Å². The molecule has 1 aromatic carbocycles. The molecule has 0 aliphatic carbocycles. The summed E-state index contributed by atoms with van der Waals surface area (Å²) < 4.78 is 0.835. The Balaban J connectivity index is 2.75. The lowest BCUT2D eigenvalue weighted by Gasteiger charge is -2.07. The molecule has 0 atom stereocenters. The molecule has 0 saturated carbocycles. The normalized spacial score (nSPS) is 11.7. The van der Waals surface area contributed by atoms with Gasteiger partial charge in [-0.3, -0.25) is 5.43 Å². The fourth-order valence-corrected chi connectivity index (χ4v) is 2.41. The number of hydrogen-bond donors (Lipinski definition) is 1. The number of rotatable bonds is 5. The molecule has 17 heavy (non-hydrogen) atoms. The molecule has 1 N–H and O–H groups in total. The standard InChI is InChI=1S/C11H12BrCl3N2/c1-2-3-4-10(12)16-17-11-8(14)5-7(13)6-9(11)15/h5-6,17H,2-4H2,1H3/b16-10+. The maximum atomic E-state index is 6.01. The van der Waals surface area contributed by atoms with Crippen molar-refractivity contribution in [3.05, 3.63) is 27.2 Å². The lowest BCUT2D eigenvalue weighted by molar-refractivity contribution is 0.840. The minimum atomic E-state index is 0.446. The molecular weight excluding hydrogens is 346 g/mol. The van der Waals surface area contributed by atoms with E-state index in [0.29, 0.717) is 20.8 Å². The molecule has 0 heterocycles. The lowest BCUT2D eigenvalue weighted by Crippen LogP contribution is -1.96. The van der Waals surface area contributed by atoms with E-state index in [0.717, 1.165) is 23.9 Å². The summed E-state index contributed by atoms with van der Waals surface area (Å²) in [6, 6.07) is 3.24. The fourth-order valence-electron chi connectivity index (χ4n) is 1.14. The highest BCUT2D eigenvalue weighted by atomic mass is 79.9. The SMILES string of the molecule is CCCC/C(Br)=N\Nc1c(Cl)cc(Cl)cc1Cl. The van der Waals surface area contributed by atoms with Crippen LogP contribution in [0.3, 0.4) is 0 Å². The first kappa shape index (κ1) is 15.1. The van der Waals surface area contributed by atoms with E-state index in [1.165, 1.54) is 0 Å². The number of nitrogens with one attached hydrogen (secondary N) is 1. The van der Waals surface area contributed by atoms with Crippen molar-refractivity contribution in [2.24, 2.45) is 5.10 Å². The summed E-state index contributed by atoms with van der Waals surface area (Å²) in [5.74, 6) is 0. The Morgan fingerprint density at radius 3 is 2.41 bits per heavy atom. The van der Waals surface area contributed by atoms with E-state index in [-0.39, 0.29) is 0 Å². The van der Waals surface area contributed by atoms with E-state index in [9.17, 15) is 0 Å². The molecule has 2 nitrogen and oxygen atoms in total. The van der Waals surface area contributed by atoms with Gasteiger partial charge in [-0.05, 0) is 40.9 Å². The summed E-state index contributed by atoms with van der Waals surface area (Å²) in [4.78, 5) is 0. The monoisotopic (exact) mass is 356 g/mol. The van der Waals surface area contributed by atoms with Crippen LogP contribution in [0, 0.1) is 0 Å². The maximum absolute atomic E-state index is 6.01. The van der Waals surface area contributed by atoms with Crippen molar-refractivity contribution in [1.29, 1.82) is 0 Å². The molecule has 0 aliphatic rings. The highest BCUT2D eigenvalue weighted by molar-refractivity contribution is 9.18. The van der Waals surface area contributed by atoms with Crippen LogP contribution in [0.4, 0.5) is 5.69 Å². The van der Waals surface area contributed by atoms with Gasteiger partial charge >= 0.3 is 0 Å². The third-order valence-electron chi connectivity index (χ3n) is 2.03. The van der Waals surface area contributed by atoms with E-state index in [1.807, 2.05) is 0 Å². The van der Waals surface area contributed by atoms with Crippen LogP contribution >= 0.6 is 50.7 Å². The lowest BCUT2D eigenvalue weighted by atomic mass is 10.3. The van der Waals surface area contributed by atoms with Gasteiger partial charge in [0.2, 0.25) is 0 Å². The second-order valence-electron chi connectivity index (χ2n) is 3.45. The predicted octanol–water partition coefficient (Wildman–Crippen LogP) is 5.96. The summed E-state index contributed by atoms with van der Waals surface area (Å²) in [7, 11) is 0. The van der Waals surface area contributed by atoms with Crippen LogP contribution in [-0.2, 0) is 0 Å². The highest BCUT2D eigenvalue weighted by Gasteiger charge is 2.07. The first-order valence-electron chi connectivity index (χ1n) is 5.17. The summed E-state index contributed by atoms with van der Waals surface area (Å²) in [5.41, 5.74) is 3.40. The van der Waals surface area contributed by atoms with Crippen molar-refractivity contribution in [1.82, 2.24) is 0 Å². The van der Waals surface area contributed by atoms with Crippen molar-refractivity contribution in [3.63, 3.8) is 0 Å². The van der Waals surface area contributed by atoms with Crippen LogP contribution < -0.4 is 5.43 Å². The van der Waals surface area contributed by atoms with Gasteiger partial charge in [0, 0.05) is 5.02 Å². The smallest absolute Gasteiger partial charge is 0.103 e. The van der Waals surface area contributed by atoms with Gasteiger partial charge < -0.3 is 0 Å². The zero-order chi connectivity index (χ0) is 12.8. The van der Waals surface area contributed by atoms with Crippen LogP contribution in [-0.4, -0.2) is 4.62 Å². The van der Waals surface area contributed by atoms with E-state index in [4.69, 9.17) is 34.8 Å². The second-order valence-corrected chi connectivity index (χ2v) is 5.61. The van der Waals surface area contributed by atoms with Crippen LogP contribution in [0.2, 0.25) is 15.1 Å². The minimum Gasteiger partial charge on any atom is -0.275 e. The van der Waals surface area contributed by atoms with E-state index < -0.39 is 0 Å². The Bertz CT molecular complexity index is 398. The molecule has 0 aromatic heterocycles. The number of nitrogens with zero attached hydrogens (tertiary/aromatic N) is 1. The fraction of sp³-hybridized carbons (Fsp3) is 0.364. The van der Waals surface area contributed by atoms with Crippen molar-refractivity contribution in [2.45, 2.75) is 26.2 Å². The van der Waals surface area contributed by atoms with Gasteiger partial charge in [0.25, 0.3) is 0 Å². The van der Waals surface area contributed by atoms with Crippen molar-refractivity contribution in [3.8, 4) is 0 Å². The molecule has 0 bridgehead atoms. The number of halogens is 4.